The van der Waals surface area contributed by atoms with Crippen LogP contribution in [0.15, 0.2) is 0 Å². The molecule has 15 heavy (non-hydrogen) atoms. The number of sulfone groups is 1. The first-order valence-electron chi connectivity index (χ1n) is 4.79. The Kier molecular flexibility index (Phi) is 6.47. The maximum absolute atomic E-state index is 11.7. The fourth-order valence-electron chi connectivity index (χ4n) is 0.827. The van der Waals surface area contributed by atoms with Crippen LogP contribution in [0.4, 0.5) is 4.39 Å². The van der Waals surface area contributed by atoms with E-state index in [2.05, 4.69) is 0 Å². The first-order chi connectivity index (χ1) is 6.87. The number of halogens is 1. The molecule has 90 valence electrons. The van der Waals surface area contributed by atoms with E-state index in [4.69, 9.17) is 4.74 Å². The Morgan fingerprint density at radius 1 is 1.40 bits per heavy atom. The van der Waals surface area contributed by atoms with Crippen molar-refractivity contribution in [1.29, 1.82) is 0 Å². The molecule has 0 saturated carbocycles. The van der Waals surface area contributed by atoms with Crippen molar-refractivity contribution in [2.75, 3.05) is 24.8 Å². The van der Waals surface area contributed by atoms with Gasteiger partial charge in [-0.3, -0.25) is 9.18 Å². The minimum Gasteiger partial charge on any atom is -0.465 e. The second-order valence-corrected chi connectivity index (χ2v) is 5.90. The molecule has 0 bridgehead atoms. The van der Waals surface area contributed by atoms with Crippen molar-refractivity contribution in [2.24, 2.45) is 5.92 Å². The molecule has 0 aromatic rings. The van der Waals surface area contributed by atoms with E-state index in [-0.39, 0.29) is 24.7 Å². The van der Waals surface area contributed by atoms with E-state index in [1.54, 1.807) is 0 Å². The molecule has 6 heteroatoms. The molecule has 0 saturated heterocycles. The van der Waals surface area contributed by atoms with Gasteiger partial charge < -0.3 is 4.74 Å². The van der Waals surface area contributed by atoms with E-state index >= 15 is 0 Å². The molecule has 0 aromatic heterocycles. The van der Waals surface area contributed by atoms with Gasteiger partial charge in [0.2, 0.25) is 0 Å². The van der Waals surface area contributed by atoms with Crippen molar-refractivity contribution in [3.8, 4) is 0 Å². The van der Waals surface area contributed by atoms with Gasteiger partial charge in [0.15, 0.2) is 9.84 Å². The number of ether oxygens (including phenoxy) is 1. The van der Waals surface area contributed by atoms with Crippen molar-refractivity contribution in [2.45, 2.75) is 20.3 Å². The second-order valence-electron chi connectivity index (χ2n) is 3.71. The van der Waals surface area contributed by atoms with Gasteiger partial charge in [0.05, 0.1) is 19.0 Å². The number of hydrogen-bond acceptors (Lipinski definition) is 4. The molecule has 0 N–H and O–H groups in total. The highest BCUT2D eigenvalue weighted by atomic mass is 32.2. The maximum Gasteiger partial charge on any atom is 0.321 e. The summed E-state index contributed by atoms with van der Waals surface area (Å²) in [6.45, 7) is 3.22. The summed E-state index contributed by atoms with van der Waals surface area (Å²) in [5, 5.41) is 0. The summed E-state index contributed by atoms with van der Waals surface area (Å²) >= 11 is 0. The topological polar surface area (TPSA) is 60.4 Å². The number of rotatable bonds is 7. The average Bonchev–Trinajstić information content (AvgIpc) is 2.11. The van der Waals surface area contributed by atoms with Crippen LogP contribution in [-0.2, 0) is 19.4 Å². The molecule has 0 fully saturated rings. The SMILES string of the molecule is CC(C)COC(=O)CS(=O)(=O)CCCF. The summed E-state index contributed by atoms with van der Waals surface area (Å²) in [6, 6.07) is 0. The molecule has 0 aliphatic carbocycles. The van der Waals surface area contributed by atoms with Crippen LogP contribution in [0, 0.1) is 5.92 Å². The zero-order valence-electron chi connectivity index (χ0n) is 9.03. The van der Waals surface area contributed by atoms with E-state index in [1.807, 2.05) is 13.8 Å². The fraction of sp³-hybridized carbons (Fsp3) is 0.889. The maximum atomic E-state index is 11.7. The monoisotopic (exact) mass is 240 g/mol. The van der Waals surface area contributed by atoms with E-state index in [1.165, 1.54) is 0 Å². The van der Waals surface area contributed by atoms with Gasteiger partial charge in [0.1, 0.15) is 5.75 Å². The third-order valence-electron chi connectivity index (χ3n) is 1.50. The second kappa shape index (κ2) is 6.76. The Bertz CT molecular complexity index is 284. The fourth-order valence-corrected chi connectivity index (χ4v) is 1.96. The smallest absolute Gasteiger partial charge is 0.321 e. The van der Waals surface area contributed by atoms with Crippen LogP contribution in [0.2, 0.25) is 0 Å². The molecule has 0 aliphatic rings. The molecule has 4 nitrogen and oxygen atoms in total. The summed E-state index contributed by atoms with van der Waals surface area (Å²) in [6.07, 6.45) is -0.0696. The molecular formula is C9H17FO4S. The minimum atomic E-state index is -3.51. The lowest BCUT2D eigenvalue weighted by atomic mass is 10.2. The van der Waals surface area contributed by atoms with E-state index in [0.29, 0.717) is 0 Å². The molecule has 0 spiro atoms. The lowest BCUT2D eigenvalue weighted by Gasteiger charge is -2.07. The molecule has 0 heterocycles. The van der Waals surface area contributed by atoms with Gasteiger partial charge in [-0.05, 0) is 12.3 Å². The van der Waals surface area contributed by atoms with Crippen LogP contribution in [0.1, 0.15) is 20.3 Å². The lowest BCUT2D eigenvalue weighted by molar-refractivity contribution is -0.141. The Labute approximate surface area is 89.7 Å². The Morgan fingerprint density at radius 3 is 2.47 bits per heavy atom. The molecular weight excluding hydrogens is 223 g/mol. The van der Waals surface area contributed by atoms with Gasteiger partial charge in [-0.1, -0.05) is 13.8 Å². The number of esters is 1. The van der Waals surface area contributed by atoms with Crippen molar-refractivity contribution in [1.82, 2.24) is 0 Å². The van der Waals surface area contributed by atoms with Crippen LogP contribution in [0.5, 0.6) is 0 Å². The normalized spacial score (nSPS) is 11.7. The van der Waals surface area contributed by atoms with Crippen molar-refractivity contribution >= 4 is 15.8 Å². The summed E-state index contributed by atoms with van der Waals surface area (Å²) in [4.78, 5) is 11.0. The molecule has 0 radical (unpaired) electrons. The zero-order chi connectivity index (χ0) is 11.9. The summed E-state index contributed by atoms with van der Waals surface area (Å²) in [7, 11) is -3.51. The van der Waals surface area contributed by atoms with Crippen molar-refractivity contribution < 1.29 is 22.3 Å². The first kappa shape index (κ1) is 14.3. The van der Waals surface area contributed by atoms with Crippen LogP contribution >= 0.6 is 0 Å². The first-order valence-corrected chi connectivity index (χ1v) is 6.61. The highest BCUT2D eigenvalue weighted by molar-refractivity contribution is 7.92. The van der Waals surface area contributed by atoms with Crippen LogP contribution in [0.3, 0.4) is 0 Å². The van der Waals surface area contributed by atoms with E-state index < -0.39 is 28.2 Å². The summed E-state index contributed by atoms with van der Waals surface area (Å²) in [5.74, 6) is -1.55. The Morgan fingerprint density at radius 2 is 2.00 bits per heavy atom. The Balaban J connectivity index is 3.94. The molecule has 0 rings (SSSR count). The van der Waals surface area contributed by atoms with Gasteiger partial charge in [0, 0.05) is 0 Å². The highest BCUT2D eigenvalue weighted by Gasteiger charge is 2.17. The molecule has 0 aliphatic heterocycles. The quantitative estimate of drug-likeness (QED) is 0.622. The zero-order valence-corrected chi connectivity index (χ0v) is 9.85. The Hall–Kier alpha value is -0.650. The van der Waals surface area contributed by atoms with E-state index in [0.717, 1.165) is 0 Å². The number of hydrogen-bond donors (Lipinski definition) is 0. The molecule has 0 atom stereocenters. The largest absolute Gasteiger partial charge is 0.465 e. The third kappa shape index (κ3) is 8.35. The van der Waals surface area contributed by atoms with Crippen LogP contribution < -0.4 is 0 Å². The van der Waals surface area contributed by atoms with Gasteiger partial charge in [-0.2, -0.15) is 0 Å². The lowest BCUT2D eigenvalue weighted by Crippen LogP contribution is -2.22. The predicted molar refractivity (Wildman–Crippen MR) is 55.0 cm³/mol. The number of carbonyl (C=O) groups excluding carboxylic acids is 1. The molecule has 0 unspecified atom stereocenters. The predicted octanol–water partition coefficient (Wildman–Crippen LogP) is 0.960. The van der Waals surface area contributed by atoms with Gasteiger partial charge >= 0.3 is 5.97 Å². The van der Waals surface area contributed by atoms with Gasteiger partial charge in [0.25, 0.3) is 0 Å². The molecule has 0 aromatic carbocycles. The van der Waals surface area contributed by atoms with E-state index in [9.17, 15) is 17.6 Å². The third-order valence-corrected chi connectivity index (χ3v) is 3.09. The number of carbonyl (C=O) groups is 1. The average molecular weight is 240 g/mol. The van der Waals surface area contributed by atoms with Crippen LogP contribution in [-0.4, -0.2) is 39.2 Å². The number of alkyl halides is 1. The van der Waals surface area contributed by atoms with Crippen molar-refractivity contribution in [3.63, 3.8) is 0 Å². The summed E-state index contributed by atoms with van der Waals surface area (Å²) < 4.78 is 38.8. The highest BCUT2D eigenvalue weighted by Crippen LogP contribution is 1.98. The summed E-state index contributed by atoms with van der Waals surface area (Å²) in [5.41, 5.74) is 0. The standard InChI is InChI=1S/C9H17FO4S/c1-8(2)6-14-9(11)7-15(12,13)5-3-4-10/h8H,3-7H2,1-2H3. The molecule has 0 amide bonds. The van der Waals surface area contributed by atoms with Crippen molar-refractivity contribution in [3.05, 3.63) is 0 Å². The van der Waals surface area contributed by atoms with Gasteiger partial charge in [-0.15, -0.1) is 0 Å². The van der Waals surface area contributed by atoms with Crippen LogP contribution in [0.25, 0.3) is 0 Å². The van der Waals surface area contributed by atoms with Gasteiger partial charge in [-0.25, -0.2) is 8.42 Å². The minimum absolute atomic E-state index is 0.0696.